The van der Waals surface area contributed by atoms with Gasteiger partial charge in [0.1, 0.15) is 0 Å². The van der Waals surface area contributed by atoms with Crippen LogP contribution in [0.25, 0.3) is 0 Å². The van der Waals surface area contributed by atoms with E-state index in [9.17, 15) is 23.2 Å². The van der Waals surface area contributed by atoms with Crippen LogP contribution in [-0.2, 0) is 41.8 Å². The standard InChI is InChI=1S/C26H38N2O8S/c29-24(27-31)26(12-17-34-18-13-26)37(32,33)23-9-7-22(8-10-23)35-15-3-4-16-36-25(30)28-14-11-20-5-1-2-6-21(20)19-28/h1-2,5-6,22-23,31H,3-4,7-19H2,(H,27,29). The lowest BCUT2D eigenvalue weighted by Crippen LogP contribution is -2.58. The molecule has 206 valence electrons. The number of sulfone groups is 1. The highest BCUT2D eigenvalue weighted by molar-refractivity contribution is 7.94. The maximum absolute atomic E-state index is 13.4. The number of ether oxygens (including phenoxy) is 3. The first-order valence-electron chi connectivity index (χ1n) is 13.2. The summed E-state index contributed by atoms with van der Waals surface area (Å²) in [5.41, 5.74) is 4.03. The number of benzene rings is 1. The van der Waals surface area contributed by atoms with E-state index < -0.39 is 25.7 Å². The molecular formula is C26H38N2O8S. The first kappa shape index (κ1) is 27.8. The Morgan fingerprint density at radius 2 is 1.73 bits per heavy atom. The summed E-state index contributed by atoms with van der Waals surface area (Å²) in [4.78, 5) is 26.5. The van der Waals surface area contributed by atoms with Crippen molar-refractivity contribution in [3.8, 4) is 0 Å². The highest BCUT2D eigenvalue weighted by Crippen LogP contribution is 2.38. The highest BCUT2D eigenvalue weighted by Gasteiger charge is 2.54. The number of hydrogen-bond donors (Lipinski definition) is 2. The van der Waals surface area contributed by atoms with E-state index in [1.807, 2.05) is 18.2 Å². The Labute approximate surface area is 218 Å². The van der Waals surface area contributed by atoms with Crippen molar-refractivity contribution in [2.24, 2.45) is 0 Å². The van der Waals surface area contributed by atoms with Gasteiger partial charge in [-0.25, -0.2) is 18.7 Å². The first-order chi connectivity index (χ1) is 17.9. The van der Waals surface area contributed by atoms with Gasteiger partial charge < -0.3 is 19.1 Å². The van der Waals surface area contributed by atoms with Crippen LogP contribution in [-0.4, -0.2) is 79.6 Å². The van der Waals surface area contributed by atoms with Gasteiger partial charge in [-0.1, -0.05) is 24.3 Å². The number of amides is 2. The number of hydroxylamine groups is 1. The molecule has 2 N–H and O–H groups in total. The lowest BCUT2D eigenvalue weighted by atomic mass is 9.96. The lowest BCUT2D eigenvalue weighted by molar-refractivity contribution is -0.134. The molecule has 1 saturated heterocycles. The quantitative estimate of drug-likeness (QED) is 0.279. The van der Waals surface area contributed by atoms with Crippen LogP contribution in [0.1, 0.15) is 62.5 Å². The molecule has 3 aliphatic rings. The van der Waals surface area contributed by atoms with Crippen molar-refractivity contribution in [2.45, 2.75) is 80.4 Å². The van der Waals surface area contributed by atoms with E-state index in [0.717, 1.165) is 12.8 Å². The molecule has 0 unspecified atom stereocenters. The molecule has 1 aromatic carbocycles. The number of fused-ring (bicyclic) bond motifs is 1. The molecule has 0 spiro atoms. The minimum atomic E-state index is -3.81. The Morgan fingerprint density at radius 1 is 1.05 bits per heavy atom. The molecule has 1 aromatic rings. The van der Waals surface area contributed by atoms with Gasteiger partial charge in [-0.05, 0) is 68.9 Å². The van der Waals surface area contributed by atoms with Gasteiger partial charge in [-0.15, -0.1) is 0 Å². The predicted octanol–water partition coefficient (Wildman–Crippen LogP) is 2.76. The molecule has 37 heavy (non-hydrogen) atoms. The third-order valence-corrected chi connectivity index (χ3v) is 11.0. The SMILES string of the molecule is O=C(OCCCCOC1CCC(S(=O)(=O)C2(C(=O)NO)CCOCC2)CC1)N1CCc2ccccc2C1. The van der Waals surface area contributed by atoms with Gasteiger partial charge in [0.2, 0.25) is 0 Å². The van der Waals surface area contributed by atoms with Crippen LogP contribution in [0.4, 0.5) is 4.79 Å². The van der Waals surface area contributed by atoms with Gasteiger partial charge in [0.05, 0.1) is 18.0 Å². The lowest BCUT2D eigenvalue weighted by Gasteiger charge is -2.39. The van der Waals surface area contributed by atoms with Gasteiger partial charge in [-0.2, -0.15) is 0 Å². The zero-order chi connectivity index (χ0) is 26.3. The second-order valence-electron chi connectivity index (χ2n) is 10.1. The monoisotopic (exact) mass is 538 g/mol. The summed E-state index contributed by atoms with van der Waals surface area (Å²) in [6.07, 6.45) is 4.11. The summed E-state index contributed by atoms with van der Waals surface area (Å²) in [5.74, 6) is -0.861. The largest absolute Gasteiger partial charge is 0.449 e. The molecule has 4 rings (SSSR count). The molecule has 2 amide bonds. The second-order valence-corrected chi connectivity index (χ2v) is 12.7. The summed E-state index contributed by atoms with van der Waals surface area (Å²) in [6.45, 7) is 2.45. The van der Waals surface area contributed by atoms with Crippen molar-refractivity contribution in [1.82, 2.24) is 10.4 Å². The Kier molecular flexibility index (Phi) is 9.44. The van der Waals surface area contributed by atoms with E-state index in [0.29, 0.717) is 58.4 Å². The first-order valence-corrected chi connectivity index (χ1v) is 14.8. The molecule has 1 aliphatic carbocycles. The smallest absolute Gasteiger partial charge is 0.410 e. The number of rotatable bonds is 9. The number of unbranched alkanes of at least 4 members (excludes halogenated alkanes) is 1. The Morgan fingerprint density at radius 3 is 2.43 bits per heavy atom. The van der Waals surface area contributed by atoms with Crippen molar-refractivity contribution in [2.75, 3.05) is 33.0 Å². The summed E-state index contributed by atoms with van der Waals surface area (Å²) in [6, 6.07) is 8.15. The normalized spacial score (nSPS) is 23.6. The molecular weight excluding hydrogens is 500 g/mol. The summed E-state index contributed by atoms with van der Waals surface area (Å²) >= 11 is 0. The summed E-state index contributed by atoms with van der Waals surface area (Å²) in [7, 11) is -3.81. The van der Waals surface area contributed by atoms with Gasteiger partial charge in [-0.3, -0.25) is 10.0 Å². The molecule has 1 saturated carbocycles. The van der Waals surface area contributed by atoms with Gasteiger partial charge in [0.25, 0.3) is 5.91 Å². The van der Waals surface area contributed by atoms with E-state index in [1.165, 1.54) is 11.1 Å². The minimum absolute atomic E-state index is 0.0280. The number of carbonyl (C=O) groups excluding carboxylic acids is 2. The van der Waals surface area contributed by atoms with Crippen LogP contribution in [0.15, 0.2) is 24.3 Å². The topological polar surface area (TPSA) is 131 Å². The average Bonchev–Trinajstić information content (AvgIpc) is 2.94. The molecule has 0 bridgehead atoms. The maximum Gasteiger partial charge on any atom is 0.410 e. The van der Waals surface area contributed by atoms with Crippen LogP contribution < -0.4 is 5.48 Å². The van der Waals surface area contributed by atoms with Crippen molar-refractivity contribution >= 4 is 21.8 Å². The summed E-state index contributed by atoms with van der Waals surface area (Å²) < 4.78 is 41.9. The number of carbonyl (C=O) groups is 2. The van der Waals surface area contributed by atoms with E-state index in [2.05, 4.69) is 6.07 Å². The Hall–Kier alpha value is -2.21. The van der Waals surface area contributed by atoms with Gasteiger partial charge in [0.15, 0.2) is 14.6 Å². The number of nitrogens with one attached hydrogen (secondary N) is 1. The van der Waals surface area contributed by atoms with E-state index in [1.54, 1.807) is 10.4 Å². The van der Waals surface area contributed by atoms with Crippen molar-refractivity contribution < 1.29 is 37.4 Å². The highest BCUT2D eigenvalue weighted by atomic mass is 32.2. The van der Waals surface area contributed by atoms with Crippen LogP contribution in [0.2, 0.25) is 0 Å². The average molecular weight is 539 g/mol. The third kappa shape index (κ3) is 6.27. The van der Waals surface area contributed by atoms with Crippen LogP contribution in [0.3, 0.4) is 0 Å². The number of nitrogens with zero attached hydrogens (tertiary/aromatic N) is 1. The van der Waals surface area contributed by atoms with Gasteiger partial charge in [0, 0.05) is 32.9 Å². The fourth-order valence-corrected chi connectivity index (χ4v) is 8.20. The third-order valence-electron chi connectivity index (χ3n) is 7.93. The van der Waals surface area contributed by atoms with Crippen molar-refractivity contribution in [3.05, 3.63) is 35.4 Å². The minimum Gasteiger partial charge on any atom is -0.449 e. The predicted molar refractivity (Wildman–Crippen MR) is 135 cm³/mol. The Balaban J connectivity index is 1.13. The zero-order valence-corrected chi connectivity index (χ0v) is 22.0. The zero-order valence-electron chi connectivity index (χ0n) is 21.2. The molecule has 0 atom stereocenters. The molecule has 2 fully saturated rings. The molecule has 0 aromatic heterocycles. The maximum atomic E-state index is 13.4. The second kappa shape index (κ2) is 12.6. The molecule has 2 aliphatic heterocycles. The van der Waals surface area contributed by atoms with E-state index in [4.69, 9.17) is 14.2 Å². The molecule has 10 nitrogen and oxygen atoms in total. The molecule has 11 heteroatoms. The van der Waals surface area contributed by atoms with Crippen LogP contribution in [0.5, 0.6) is 0 Å². The summed E-state index contributed by atoms with van der Waals surface area (Å²) in [5, 5.41) is 8.56. The fourth-order valence-electron chi connectivity index (χ4n) is 5.63. The molecule has 2 heterocycles. The van der Waals surface area contributed by atoms with E-state index in [-0.39, 0.29) is 38.3 Å². The molecule has 0 radical (unpaired) electrons. The van der Waals surface area contributed by atoms with Crippen LogP contribution >= 0.6 is 0 Å². The van der Waals surface area contributed by atoms with Gasteiger partial charge >= 0.3 is 6.09 Å². The Bertz CT molecular complexity index is 1030. The van der Waals surface area contributed by atoms with Crippen molar-refractivity contribution in [1.29, 1.82) is 0 Å². The van der Waals surface area contributed by atoms with Crippen molar-refractivity contribution in [3.63, 3.8) is 0 Å². The fraction of sp³-hybridized carbons (Fsp3) is 0.692. The number of hydrogen-bond acceptors (Lipinski definition) is 8. The van der Waals surface area contributed by atoms with Crippen LogP contribution in [0, 0.1) is 0 Å². The van der Waals surface area contributed by atoms with E-state index >= 15 is 0 Å².